The van der Waals surface area contributed by atoms with E-state index in [1.165, 1.54) is 0 Å². The highest BCUT2D eigenvalue weighted by Gasteiger charge is 2.50. The van der Waals surface area contributed by atoms with Crippen LogP contribution in [0.2, 0.25) is 0 Å². The minimum Gasteiger partial charge on any atom is -0.425 e. The molecule has 19 nitrogen and oxygen atoms in total. The molecule has 74 heavy (non-hydrogen) atoms. The molecule has 2 saturated heterocycles. The minimum atomic E-state index is -1.10. The first-order valence-electron chi connectivity index (χ1n) is 25.8. The molecule has 3 aliphatic heterocycles. The molecule has 3 heterocycles. The number of nitrogens with one attached hydrogen (secondary N) is 8. The molecule has 0 bridgehead atoms. The van der Waals surface area contributed by atoms with Crippen LogP contribution in [0.25, 0.3) is 0 Å². The fourth-order valence-corrected chi connectivity index (χ4v) is 8.97. The van der Waals surface area contributed by atoms with Crippen molar-refractivity contribution in [3.05, 3.63) is 113 Å². The Morgan fingerprint density at radius 3 is 1.92 bits per heavy atom. The first kappa shape index (κ1) is 56.6. The van der Waals surface area contributed by atoms with Gasteiger partial charge in [-0.3, -0.25) is 33.6 Å². The number of esters is 1. The average Bonchev–Trinajstić information content (AvgIpc) is 3.90. The Kier molecular flexibility index (Phi) is 20.3. The van der Waals surface area contributed by atoms with Crippen LogP contribution in [0.3, 0.4) is 0 Å². The molecular formula is C55H76N9O10+. The first-order valence-corrected chi connectivity index (χ1v) is 25.8. The van der Waals surface area contributed by atoms with E-state index in [4.69, 9.17) is 14.2 Å². The van der Waals surface area contributed by atoms with Gasteiger partial charge in [-0.25, -0.2) is 0 Å². The molecule has 0 spiro atoms. The zero-order valence-electron chi connectivity index (χ0n) is 43.8. The summed E-state index contributed by atoms with van der Waals surface area (Å²) >= 11 is 0. The van der Waals surface area contributed by atoms with Gasteiger partial charge in [-0.15, -0.1) is 0 Å². The molecule has 0 aromatic heterocycles. The van der Waals surface area contributed by atoms with Crippen molar-refractivity contribution in [1.82, 2.24) is 43.0 Å². The van der Waals surface area contributed by atoms with Crippen molar-refractivity contribution in [2.75, 3.05) is 46.0 Å². The second kappa shape index (κ2) is 26.5. The largest absolute Gasteiger partial charge is 0.425 e. The van der Waals surface area contributed by atoms with Crippen molar-refractivity contribution >= 4 is 41.3 Å². The number of hydrazine groups is 2. The number of Topliss-reactive ketones (excluding diaryl/α,β-unsaturated/α-hetero) is 1. The minimum absolute atomic E-state index is 0.0400. The van der Waals surface area contributed by atoms with Gasteiger partial charge in [0.05, 0.1) is 49.6 Å². The fourth-order valence-electron chi connectivity index (χ4n) is 8.97. The highest BCUT2D eigenvalue weighted by molar-refractivity contribution is 5.99. The molecule has 5 atom stereocenters. The summed E-state index contributed by atoms with van der Waals surface area (Å²) in [5, 5.41) is 14.7. The standard InChI is InChI=1S/C55H75N9O10/c1-35(2)26-44(49(66)55(7)34-73-55)59-53(70)46(29-39-16-12-9-13-17-39)61-52(69)45(27-36(3)4)60-51(68)43(20-18-38-14-10-8-11-15-38)58-48(65)33-64(22-24-72-25-23-64)32-40-19-21-47(74-54(71)37(5)6)42(28-40)50(67)56-30-41-31-57-63-62-41/h8-17,19,21,28,31,35-37,43-46,57,62-63H,18,20,22-27,29-30,32-34H2,1-7H3,(H4-,56,58,59,60,61,65,67,68,69,70)/p+1/t43-,44-,45-,46-,55+/m0/s1. The van der Waals surface area contributed by atoms with Gasteiger partial charge in [0.1, 0.15) is 49.1 Å². The van der Waals surface area contributed by atoms with Crippen molar-refractivity contribution in [2.45, 2.75) is 117 Å². The van der Waals surface area contributed by atoms with E-state index in [2.05, 4.69) is 43.0 Å². The zero-order chi connectivity index (χ0) is 53.4. The van der Waals surface area contributed by atoms with Crippen molar-refractivity contribution in [3.8, 4) is 5.75 Å². The maximum atomic E-state index is 14.6. The molecule has 5 amide bonds. The molecule has 6 rings (SSSR count). The van der Waals surface area contributed by atoms with Crippen LogP contribution in [0.4, 0.5) is 0 Å². The predicted octanol–water partition coefficient (Wildman–Crippen LogP) is 3.04. The molecule has 400 valence electrons. The number of ether oxygens (including phenoxy) is 3. The molecule has 2 fully saturated rings. The monoisotopic (exact) mass is 1020 g/mol. The molecule has 8 N–H and O–H groups in total. The third-order valence-corrected chi connectivity index (χ3v) is 13.3. The summed E-state index contributed by atoms with van der Waals surface area (Å²) in [5.74, 6) is -3.61. The molecule has 0 saturated carbocycles. The molecular weight excluding hydrogens is 947 g/mol. The number of morpholine rings is 1. The Morgan fingerprint density at radius 2 is 1.31 bits per heavy atom. The molecule has 3 aromatic carbocycles. The lowest BCUT2D eigenvalue weighted by Crippen LogP contribution is -2.61. The summed E-state index contributed by atoms with van der Waals surface area (Å²) in [4.78, 5) is 97.8. The number of epoxide rings is 1. The van der Waals surface area contributed by atoms with Crippen LogP contribution in [0.5, 0.6) is 5.75 Å². The number of rotatable bonds is 27. The Hall–Kier alpha value is -6.67. The molecule has 0 aliphatic carbocycles. The second-order valence-corrected chi connectivity index (χ2v) is 21.0. The van der Waals surface area contributed by atoms with E-state index in [9.17, 15) is 33.6 Å². The van der Waals surface area contributed by atoms with E-state index in [0.29, 0.717) is 57.0 Å². The summed E-state index contributed by atoms with van der Waals surface area (Å²) in [6.45, 7) is 15.2. The molecule has 0 radical (unpaired) electrons. The number of nitrogens with zero attached hydrogens (tertiary/aromatic N) is 1. The zero-order valence-corrected chi connectivity index (χ0v) is 43.8. The fraction of sp³-hybridized carbons (Fsp3) is 0.509. The molecule has 0 unspecified atom stereocenters. The van der Waals surface area contributed by atoms with Crippen molar-refractivity contribution in [3.63, 3.8) is 0 Å². The van der Waals surface area contributed by atoms with Gasteiger partial charge >= 0.3 is 5.97 Å². The van der Waals surface area contributed by atoms with Gasteiger partial charge in [-0.1, -0.05) is 102 Å². The van der Waals surface area contributed by atoms with Crippen LogP contribution in [0.1, 0.15) is 94.8 Å². The first-order chi connectivity index (χ1) is 35.3. The predicted molar refractivity (Wildman–Crippen MR) is 277 cm³/mol. The number of aryl methyl sites for hydroxylation is 1. The summed E-state index contributed by atoms with van der Waals surface area (Å²) in [7, 11) is 0. The Morgan fingerprint density at radius 1 is 0.716 bits per heavy atom. The summed E-state index contributed by atoms with van der Waals surface area (Å²) in [6, 6.07) is 19.7. The van der Waals surface area contributed by atoms with Gasteiger partial charge in [0, 0.05) is 18.2 Å². The number of amides is 5. The van der Waals surface area contributed by atoms with Gasteiger partial charge in [0.15, 0.2) is 12.3 Å². The van der Waals surface area contributed by atoms with Crippen LogP contribution in [0.15, 0.2) is 90.8 Å². The normalized spacial score (nSPS) is 18.4. The highest BCUT2D eigenvalue weighted by atomic mass is 16.6. The number of ketones is 1. The van der Waals surface area contributed by atoms with Crippen molar-refractivity contribution in [2.24, 2.45) is 17.8 Å². The molecule has 3 aliphatic rings. The van der Waals surface area contributed by atoms with Gasteiger partial charge in [-0.05, 0) is 73.8 Å². The van der Waals surface area contributed by atoms with Gasteiger partial charge < -0.3 is 56.1 Å². The van der Waals surface area contributed by atoms with Crippen LogP contribution < -0.4 is 47.7 Å². The van der Waals surface area contributed by atoms with E-state index in [1.54, 1.807) is 45.2 Å². The Bertz CT molecular complexity index is 2460. The second-order valence-electron chi connectivity index (χ2n) is 21.0. The van der Waals surface area contributed by atoms with E-state index in [1.807, 2.05) is 88.4 Å². The summed E-state index contributed by atoms with van der Waals surface area (Å²) in [6.07, 6.45) is 3.03. The lowest BCUT2D eigenvalue weighted by atomic mass is 9.93. The number of hydrogen-bond acceptors (Lipinski definition) is 13. The van der Waals surface area contributed by atoms with Gasteiger partial charge in [0.2, 0.25) is 17.7 Å². The van der Waals surface area contributed by atoms with Crippen LogP contribution in [-0.4, -0.2) is 122 Å². The maximum Gasteiger partial charge on any atom is 0.313 e. The topological polar surface area (TPSA) is 247 Å². The lowest BCUT2D eigenvalue weighted by molar-refractivity contribution is -0.940. The van der Waals surface area contributed by atoms with Crippen LogP contribution >= 0.6 is 0 Å². The lowest BCUT2D eigenvalue weighted by Gasteiger charge is -2.41. The number of carbonyl (C=O) groups is 7. The SMILES string of the molecule is CC(C)C[C@H](NC(=O)[C@H](CCc1ccccc1)NC(=O)C[N+]1(Cc2ccc(OC(=O)C(C)C)c(C(=O)NCC3=CNNN3)c2)CCOCC1)C(=O)N[C@@H](Cc1ccccc1)C(=O)N[C@@H](CC(C)C)C(=O)[C@@]1(C)CO1. The van der Waals surface area contributed by atoms with Gasteiger partial charge in [0.25, 0.3) is 11.8 Å². The third kappa shape index (κ3) is 16.9. The van der Waals surface area contributed by atoms with E-state index in [0.717, 1.165) is 11.1 Å². The van der Waals surface area contributed by atoms with E-state index in [-0.39, 0.29) is 72.4 Å². The third-order valence-electron chi connectivity index (χ3n) is 13.3. The van der Waals surface area contributed by atoms with Crippen molar-refractivity contribution in [1.29, 1.82) is 0 Å². The summed E-state index contributed by atoms with van der Waals surface area (Å²) in [5.41, 5.74) is 10.7. The summed E-state index contributed by atoms with van der Waals surface area (Å²) < 4.78 is 17.1. The van der Waals surface area contributed by atoms with Gasteiger partial charge in [-0.2, -0.15) is 5.53 Å². The van der Waals surface area contributed by atoms with Crippen LogP contribution in [0, 0.1) is 17.8 Å². The number of benzene rings is 3. The molecule has 3 aromatic rings. The van der Waals surface area contributed by atoms with Crippen molar-refractivity contribution < 1.29 is 52.3 Å². The van der Waals surface area contributed by atoms with E-state index >= 15 is 0 Å². The van der Waals surface area contributed by atoms with E-state index < -0.39 is 71.2 Å². The number of hydrogen-bond donors (Lipinski definition) is 8. The Balaban J connectivity index is 1.21. The Labute approximate surface area is 434 Å². The smallest absolute Gasteiger partial charge is 0.313 e. The highest BCUT2D eigenvalue weighted by Crippen LogP contribution is 2.30. The number of quaternary nitrogens is 1. The quantitative estimate of drug-likeness (QED) is 0.0237. The van der Waals surface area contributed by atoms with Crippen LogP contribution in [-0.2, 0) is 57.6 Å². The average molecular weight is 1020 g/mol. The molecule has 19 heteroatoms. The number of carbonyl (C=O) groups excluding carboxylic acids is 7. The maximum absolute atomic E-state index is 14.6.